The molecular formula is C27H26FN5O4S. The van der Waals surface area contributed by atoms with Gasteiger partial charge in [-0.15, -0.1) is 0 Å². The van der Waals surface area contributed by atoms with Crippen LogP contribution in [0.25, 0.3) is 10.9 Å². The molecule has 1 N–H and O–H groups in total. The SMILES string of the molecule is COc1cc(C(=O)N2CCN(Cc3ncccc3F)CC2)ccc1NS(=O)(=O)c1cccc2cccnc12. The van der Waals surface area contributed by atoms with Crippen LogP contribution in [0.5, 0.6) is 5.75 Å². The van der Waals surface area contributed by atoms with Gasteiger partial charge in [0.2, 0.25) is 0 Å². The lowest BCUT2D eigenvalue weighted by Gasteiger charge is -2.34. The third kappa shape index (κ3) is 5.29. The number of carbonyl (C=O) groups is 1. The van der Waals surface area contributed by atoms with Crippen LogP contribution in [0.3, 0.4) is 0 Å². The van der Waals surface area contributed by atoms with Gasteiger partial charge in [-0.25, -0.2) is 12.8 Å². The van der Waals surface area contributed by atoms with E-state index in [2.05, 4.69) is 19.6 Å². The molecule has 2 aromatic carbocycles. The van der Waals surface area contributed by atoms with E-state index in [9.17, 15) is 17.6 Å². The molecule has 1 aliphatic heterocycles. The fourth-order valence-electron chi connectivity index (χ4n) is 4.44. The van der Waals surface area contributed by atoms with E-state index in [1.54, 1.807) is 53.7 Å². The Bertz CT molecular complexity index is 1580. The fraction of sp³-hybridized carbons (Fsp3) is 0.222. The van der Waals surface area contributed by atoms with E-state index in [0.717, 1.165) is 0 Å². The Hall–Kier alpha value is -4.09. The fourth-order valence-corrected chi connectivity index (χ4v) is 5.69. The zero-order chi connectivity index (χ0) is 26.7. The van der Waals surface area contributed by atoms with Gasteiger partial charge in [0.05, 0.1) is 24.0 Å². The number of ether oxygens (including phenoxy) is 1. The van der Waals surface area contributed by atoms with Crippen molar-refractivity contribution in [1.29, 1.82) is 0 Å². The van der Waals surface area contributed by atoms with Gasteiger partial charge >= 0.3 is 0 Å². The Morgan fingerprint density at radius 2 is 1.74 bits per heavy atom. The summed E-state index contributed by atoms with van der Waals surface area (Å²) in [6.45, 7) is 2.48. The third-order valence-corrected chi connectivity index (χ3v) is 7.84. The summed E-state index contributed by atoms with van der Waals surface area (Å²) in [6.07, 6.45) is 3.10. The number of nitrogens with zero attached hydrogens (tertiary/aromatic N) is 4. The lowest BCUT2D eigenvalue weighted by molar-refractivity contribution is 0.0625. The number of pyridine rings is 2. The molecule has 3 heterocycles. The van der Waals surface area contributed by atoms with Crippen LogP contribution < -0.4 is 9.46 Å². The molecule has 0 saturated carbocycles. The number of benzene rings is 2. The molecular weight excluding hydrogens is 509 g/mol. The summed E-state index contributed by atoms with van der Waals surface area (Å²) < 4.78 is 48.4. The first kappa shape index (κ1) is 25.6. The maximum absolute atomic E-state index is 13.9. The molecule has 38 heavy (non-hydrogen) atoms. The molecule has 1 saturated heterocycles. The van der Waals surface area contributed by atoms with Crippen molar-refractivity contribution in [1.82, 2.24) is 19.8 Å². The van der Waals surface area contributed by atoms with Gasteiger partial charge in [0.25, 0.3) is 15.9 Å². The molecule has 1 amide bonds. The number of para-hydroxylation sites is 1. The van der Waals surface area contributed by atoms with Gasteiger partial charge in [0.15, 0.2) is 0 Å². The van der Waals surface area contributed by atoms with E-state index in [4.69, 9.17) is 4.74 Å². The monoisotopic (exact) mass is 535 g/mol. The normalized spacial score (nSPS) is 14.4. The van der Waals surface area contributed by atoms with Gasteiger partial charge in [-0.1, -0.05) is 18.2 Å². The average Bonchev–Trinajstić information content (AvgIpc) is 2.94. The van der Waals surface area contributed by atoms with E-state index in [0.29, 0.717) is 54.9 Å². The molecule has 0 unspecified atom stereocenters. The molecule has 11 heteroatoms. The minimum atomic E-state index is -3.99. The number of hydrogen-bond donors (Lipinski definition) is 1. The Balaban J connectivity index is 1.29. The Morgan fingerprint density at radius 1 is 1.00 bits per heavy atom. The highest BCUT2D eigenvalue weighted by Crippen LogP contribution is 2.30. The topological polar surface area (TPSA) is 105 Å². The average molecular weight is 536 g/mol. The third-order valence-electron chi connectivity index (χ3n) is 6.45. The number of anilines is 1. The van der Waals surface area contributed by atoms with Crippen LogP contribution in [-0.2, 0) is 16.6 Å². The first-order valence-corrected chi connectivity index (χ1v) is 13.5. The summed E-state index contributed by atoms with van der Waals surface area (Å²) in [4.78, 5) is 25.3. The molecule has 9 nitrogen and oxygen atoms in total. The molecule has 0 aliphatic carbocycles. The minimum absolute atomic E-state index is 0.0428. The van der Waals surface area contributed by atoms with Crippen molar-refractivity contribution < 1.29 is 22.3 Å². The van der Waals surface area contributed by atoms with Gasteiger partial charge < -0.3 is 9.64 Å². The van der Waals surface area contributed by atoms with Gasteiger partial charge in [0, 0.05) is 56.1 Å². The molecule has 1 aliphatic rings. The second-order valence-corrected chi connectivity index (χ2v) is 10.5. The van der Waals surface area contributed by atoms with Crippen LogP contribution in [-0.4, -0.2) is 67.4 Å². The maximum Gasteiger partial charge on any atom is 0.264 e. The molecule has 0 spiro atoms. The second kappa shape index (κ2) is 10.7. The van der Waals surface area contributed by atoms with Crippen molar-refractivity contribution in [2.45, 2.75) is 11.4 Å². The number of aromatic nitrogens is 2. The Kier molecular flexibility index (Phi) is 7.21. The highest BCUT2D eigenvalue weighted by atomic mass is 32.2. The molecule has 5 rings (SSSR count). The molecule has 1 fully saturated rings. The van der Waals surface area contributed by atoms with Crippen molar-refractivity contribution in [3.05, 3.63) is 90.1 Å². The van der Waals surface area contributed by atoms with E-state index >= 15 is 0 Å². The largest absolute Gasteiger partial charge is 0.495 e. The number of sulfonamides is 1. The first-order chi connectivity index (χ1) is 18.4. The number of fused-ring (bicyclic) bond motifs is 1. The van der Waals surface area contributed by atoms with E-state index < -0.39 is 10.0 Å². The first-order valence-electron chi connectivity index (χ1n) is 12.0. The molecule has 0 atom stereocenters. The van der Waals surface area contributed by atoms with Crippen molar-refractivity contribution in [2.75, 3.05) is 38.0 Å². The van der Waals surface area contributed by atoms with Gasteiger partial charge in [0.1, 0.15) is 16.5 Å². The summed E-state index contributed by atoms with van der Waals surface area (Å²) in [6, 6.07) is 16.0. The van der Waals surface area contributed by atoms with Gasteiger partial charge in [-0.05, 0) is 42.5 Å². The van der Waals surface area contributed by atoms with Crippen molar-refractivity contribution in [3.63, 3.8) is 0 Å². The number of halogens is 1. The standard InChI is InChI=1S/C27H26FN5O4S/c1-37-24-17-20(27(34)33-15-13-32(14-16-33)18-23-21(28)7-4-11-29-23)9-10-22(24)31-38(35,36)25-8-2-5-19-6-3-12-30-26(19)25/h2-12,17,31H,13-16,18H2,1H3. The molecule has 0 bridgehead atoms. The Morgan fingerprint density at radius 3 is 2.50 bits per heavy atom. The number of nitrogens with one attached hydrogen (secondary N) is 1. The van der Waals surface area contributed by atoms with Crippen LogP contribution in [0.4, 0.5) is 10.1 Å². The number of rotatable bonds is 7. The van der Waals surface area contributed by atoms with E-state index in [-0.39, 0.29) is 28.1 Å². The van der Waals surface area contributed by atoms with Crippen molar-refractivity contribution in [2.24, 2.45) is 0 Å². The predicted molar refractivity (Wildman–Crippen MR) is 141 cm³/mol. The number of hydrogen-bond acceptors (Lipinski definition) is 7. The summed E-state index contributed by atoms with van der Waals surface area (Å²) in [7, 11) is -2.57. The minimum Gasteiger partial charge on any atom is -0.495 e. The molecule has 196 valence electrons. The lowest BCUT2D eigenvalue weighted by Crippen LogP contribution is -2.48. The summed E-state index contributed by atoms with van der Waals surface area (Å²) in [5.41, 5.74) is 1.33. The maximum atomic E-state index is 13.9. The van der Waals surface area contributed by atoms with Crippen LogP contribution in [0.2, 0.25) is 0 Å². The zero-order valence-electron chi connectivity index (χ0n) is 20.7. The zero-order valence-corrected chi connectivity index (χ0v) is 21.5. The summed E-state index contributed by atoms with van der Waals surface area (Å²) >= 11 is 0. The summed E-state index contributed by atoms with van der Waals surface area (Å²) in [5.74, 6) is -0.318. The number of carbonyl (C=O) groups excluding carboxylic acids is 1. The van der Waals surface area contributed by atoms with E-state index in [1.165, 1.54) is 31.4 Å². The van der Waals surface area contributed by atoms with Crippen molar-refractivity contribution in [3.8, 4) is 5.75 Å². The highest BCUT2D eigenvalue weighted by molar-refractivity contribution is 7.93. The van der Waals surface area contributed by atoms with Crippen LogP contribution >= 0.6 is 0 Å². The predicted octanol–water partition coefficient (Wildman–Crippen LogP) is 3.54. The molecule has 0 radical (unpaired) electrons. The number of piperazine rings is 1. The summed E-state index contributed by atoms with van der Waals surface area (Å²) in [5, 5.41) is 0.702. The smallest absolute Gasteiger partial charge is 0.264 e. The van der Waals surface area contributed by atoms with Gasteiger partial charge in [-0.2, -0.15) is 0 Å². The number of amides is 1. The van der Waals surface area contributed by atoms with Crippen molar-refractivity contribution >= 4 is 32.5 Å². The van der Waals surface area contributed by atoms with Gasteiger partial charge in [-0.3, -0.25) is 24.4 Å². The quantitative estimate of drug-likeness (QED) is 0.386. The lowest BCUT2D eigenvalue weighted by atomic mass is 10.1. The van der Waals surface area contributed by atoms with Crippen LogP contribution in [0.1, 0.15) is 16.1 Å². The molecule has 4 aromatic rings. The number of methoxy groups -OCH3 is 1. The second-order valence-electron chi connectivity index (χ2n) is 8.85. The van der Waals surface area contributed by atoms with Crippen LogP contribution in [0.15, 0.2) is 78.0 Å². The van der Waals surface area contributed by atoms with Crippen LogP contribution in [0, 0.1) is 5.82 Å². The van der Waals surface area contributed by atoms with E-state index in [1.807, 2.05) is 0 Å². The molecule has 2 aromatic heterocycles. The highest BCUT2D eigenvalue weighted by Gasteiger charge is 2.25. The Labute approximate surface area is 219 Å².